The molecule has 176 valence electrons. The summed E-state index contributed by atoms with van der Waals surface area (Å²) in [6.07, 6.45) is 3.96. The molecule has 1 amide bonds. The molecule has 10 heteroatoms. The number of H-pyrrole nitrogens is 1. The number of nitrogens with one attached hydrogen (secondary N) is 3. The van der Waals surface area contributed by atoms with Gasteiger partial charge in [0.25, 0.3) is 15.9 Å². The zero-order valence-electron chi connectivity index (χ0n) is 18.7. The van der Waals surface area contributed by atoms with E-state index in [9.17, 15) is 18.0 Å². The van der Waals surface area contributed by atoms with Gasteiger partial charge in [-0.3, -0.25) is 14.3 Å². The van der Waals surface area contributed by atoms with Crippen molar-refractivity contribution in [2.24, 2.45) is 0 Å². The van der Waals surface area contributed by atoms with Crippen molar-refractivity contribution in [2.75, 3.05) is 24.1 Å². The molecule has 0 unspecified atom stereocenters. The quantitative estimate of drug-likeness (QED) is 0.296. The summed E-state index contributed by atoms with van der Waals surface area (Å²) in [5.41, 5.74) is 0.235. The van der Waals surface area contributed by atoms with Gasteiger partial charge in [0.05, 0.1) is 11.0 Å². The van der Waals surface area contributed by atoms with Crippen LogP contribution in [0.3, 0.4) is 0 Å². The molecule has 3 N–H and O–H groups in total. The summed E-state index contributed by atoms with van der Waals surface area (Å²) >= 11 is 1.50. The second-order valence-electron chi connectivity index (χ2n) is 7.61. The minimum absolute atomic E-state index is 0.0709. The number of thioether (sulfide) groups is 1. The van der Waals surface area contributed by atoms with Crippen LogP contribution in [0.2, 0.25) is 0 Å². The van der Waals surface area contributed by atoms with E-state index in [1.54, 1.807) is 18.2 Å². The van der Waals surface area contributed by atoms with E-state index < -0.39 is 21.4 Å². The van der Waals surface area contributed by atoms with Crippen LogP contribution in [0.15, 0.2) is 63.2 Å². The number of sulfonamides is 1. The highest BCUT2D eigenvalue weighted by molar-refractivity contribution is 7.98. The highest BCUT2D eigenvalue weighted by Crippen LogP contribution is 2.23. The first-order chi connectivity index (χ1) is 15.7. The fraction of sp³-hybridized carbons (Fsp3) is 0.304. The summed E-state index contributed by atoms with van der Waals surface area (Å²) < 4.78 is 33.8. The number of amides is 1. The molecule has 0 spiro atoms. The van der Waals surface area contributed by atoms with E-state index in [0.717, 1.165) is 4.90 Å². The largest absolute Gasteiger partial charge is 0.379 e. The lowest BCUT2D eigenvalue weighted by molar-refractivity contribution is 0.0757. The van der Waals surface area contributed by atoms with E-state index in [0.29, 0.717) is 30.8 Å². The molecule has 0 radical (unpaired) electrons. The lowest BCUT2D eigenvalue weighted by atomic mass is 10.1. The van der Waals surface area contributed by atoms with E-state index in [-0.39, 0.29) is 21.9 Å². The van der Waals surface area contributed by atoms with Crippen molar-refractivity contribution in [3.05, 3.63) is 64.4 Å². The lowest BCUT2D eigenvalue weighted by Crippen LogP contribution is -2.30. The third kappa shape index (κ3) is 6.37. The average molecular weight is 490 g/mol. The Bertz CT molecular complexity index is 1300. The number of benzene rings is 2. The van der Waals surface area contributed by atoms with E-state index in [4.69, 9.17) is 4.74 Å². The normalized spacial score (nSPS) is 11.6. The smallest absolute Gasteiger partial charge is 0.261 e. The number of aromatic amines is 1. The third-order valence-corrected chi connectivity index (χ3v) is 6.89. The fourth-order valence-electron chi connectivity index (χ4n) is 3.12. The molecule has 3 rings (SSSR count). The molecule has 33 heavy (non-hydrogen) atoms. The Kier molecular flexibility index (Phi) is 8.17. The Balaban J connectivity index is 1.82. The Hall–Kier alpha value is -2.82. The first-order valence-corrected chi connectivity index (χ1v) is 13.1. The van der Waals surface area contributed by atoms with E-state index in [1.165, 1.54) is 36.2 Å². The molecule has 0 aliphatic heterocycles. The first-order valence-electron chi connectivity index (χ1n) is 10.4. The second-order valence-corrected chi connectivity index (χ2v) is 10.2. The van der Waals surface area contributed by atoms with Crippen LogP contribution in [-0.4, -0.2) is 44.8 Å². The average Bonchev–Trinajstić information content (AvgIpc) is 2.78. The number of hydrogen-bond donors (Lipinski definition) is 3. The topological polar surface area (TPSA) is 117 Å². The van der Waals surface area contributed by atoms with Crippen LogP contribution in [0, 0.1) is 0 Å². The number of pyridine rings is 1. The van der Waals surface area contributed by atoms with Crippen molar-refractivity contribution in [3.8, 4) is 0 Å². The zero-order chi connectivity index (χ0) is 24.0. The van der Waals surface area contributed by atoms with Crippen LogP contribution in [0.25, 0.3) is 10.9 Å². The minimum atomic E-state index is -3.93. The zero-order valence-corrected chi connectivity index (χ0v) is 20.3. The van der Waals surface area contributed by atoms with E-state index >= 15 is 0 Å². The Morgan fingerprint density at radius 1 is 1.18 bits per heavy atom. The van der Waals surface area contributed by atoms with Crippen LogP contribution in [-0.2, 0) is 14.8 Å². The molecule has 1 heterocycles. The predicted octanol–water partition coefficient (Wildman–Crippen LogP) is 3.60. The van der Waals surface area contributed by atoms with E-state index in [2.05, 4.69) is 15.0 Å². The molecule has 0 saturated heterocycles. The molecule has 0 aliphatic carbocycles. The van der Waals surface area contributed by atoms with Crippen molar-refractivity contribution in [2.45, 2.75) is 36.2 Å². The summed E-state index contributed by atoms with van der Waals surface area (Å²) in [6, 6.07) is 11.2. The van der Waals surface area contributed by atoms with Gasteiger partial charge in [0.1, 0.15) is 5.56 Å². The van der Waals surface area contributed by atoms with Gasteiger partial charge in [-0.25, -0.2) is 8.42 Å². The van der Waals surface area contributed by atoms with Gasteiger partial charge in [0.2, 0.25) is 5.43 Å². The molecule has 1 aromatic heterocycles. The summed E-state index contributed by atoms with van der Waals surface area (Å²) in [7, 11) is -3.93. The van der Waals surface area contributed by atoms with Gasteiger partial charge in [-0.15, -0.1) is 11.8 Å². The molecule has 8 nitrogen and oxygen atoms in total. The molecule has 3 aromatic rings. The number of fused-ring (bicyclic) bond motifs is 1. The van der Waals surface area contributed by atoms with Gasteiger partial charge in [-0.05, 0) is 62.9 Å². The standard InChI is InChI=1S/C23H27N3O5S2/c1-15(2)31-11-5-10-24-23(28)20-14-25-21-9-8-18(13-19(21)22(20)27)33(29,30)26-16-6-4-7-17(12-16)32-3/h4,6-9,12-15,26H,5,10-11H2,1-3H3,(H,24,28)(H,25,27). The molecule has 0 aliphatic rings. The first kappa shape index (κ1) is 24.8. The molecular weight excluding hydrogens is 462 g/mol. The number of carbonyl (C=O) groups excluding carboxylic acids is 1. The fourth-order valence-corrected chi connectivity index (χ4v) is 4.66. The number of anilines is 1. The van der Waals surface area contributed by atoms with Crippen molar-refractivity contribution in [1.82, 2.24) is 10.3 Å². The number of carbonyl (C=O) groups is 1. The number of hydrogen-bond acceptors (Lipinski definition) is 6. The number of aromatic nitrogens is 1. The molecule has 0 saturated carbocycles. The van der Waals surface area contributed by atoms with Gasteiger partial charge < -0.3 is 15.0 Å². The van der Waals surface area contributed by atoms with Gasteiger partial charge in [0.15, 0.2) is 0 Å². The van der Waals surface area contributed by atoms with Crippen LogP contribution < -0.4 is 15.5 Å². The highest BCUT2D eigenvalue weighted by Gasteiger charge is 2.18. The summed E-state index contributed by atoms with van der Waals surface area (Å²) in [4.78, 5) is 29.2. The van der Waals surface area contributed by atoms with Crippen molar-refractivity contribution in [3.63, 3.8) is 0 Å². The summed E-state index contributed by atoms with van der Waals surface area (Å²) in [6.45, 7) is 4.72. The van der Waals surface area contributed by atoms with Gasteiger partial charge >= 0.3 is 0 Å². The van der Waals surface area contributed by atoms with Gasteiger partial charge in [-0.1, -0.05) is 6.07 Å². The monoisotopic (exact) mass is 489 g/mol. The number of rotatable bonds is 10. The lowest BCUT2D eigenvalue weighted by Gasteiger charge is -2.11. The molecule has 0 fully saturated rings. The summed E-state index contributed by atoms with van der Waals surface area (Å²) in [5.74, 6) is -0.525. The molecule has 0 bridgehead atoms. The maximum Gasteiger partial charge on any atom is 0.261 e. The van der Waals surface area contributed by atoms with Crippen LogP contribution in [0.5, 0.6) is 0 Å². The molecular formula is C23H27N3O5S2. The Morgan fingerprint density at radius 2 is 1.97 bits per heavy atom. The van der Waals surface area contributed by atoms with Gasteiger partial charge in [-0.2, -0.15) is 0 Å². The molecule has 0 atom stereocenters. The Labute approximate surface area is 197 Å². The maximum atomic E-state index is 12.9. The second kappa shape index (κ2) is 10.9. The van der Waals surface area contributed by atoms with Crippen LogP contribution >= 0.6 is 11.8 Å². The molecule has 2 aromatic carbocycles. The van der Waals surface area contributed by atoms with Crippen molar-refractivity contribution >= 4 is 44.3 Å². The maximum absolute atomic E-state index is 12.9. The predicted molar refractivity (Wildman–Crippen MR) is 132 cm³/mol. The minimum Gasteiger partial charge on any atom is -0.379 e. The Morgan fingerprint density at radius 3 is 2.70 bits per heavy atom. The third-order valence-electron chi connectivity index (χ3n) is 4.79. The SMILES string of the molecule is CSc1cccc(NS(=O)(=O)c2ccc3[nH]cc(C(=O)NCCCOC(C)C)c(=O)c3c2)c1. The summed E-state index contributed by atoms with van der Waals surface area (Å²) in [5, 5.41) is 2.81. The van der Waals surface area contributed by atoms with E-state index in [1.807, 2.05) is 26.2 Å². The van der Waals surface area contributed by atoms with Crippen molar-refractivity contribution in [1.29, 1.82) is 0 Å². The number of ether oxygens (including phenoxy) is 1. The highest BCUT2D eigenvalue weighted by atomic mass is 32.2. The van der Waals surface area contributed by atoms with Gasteiger partial charge in [0, 0.05) is 40.8 Å². The van der Waals surface area contributed by atoms with Crippen molar-refractivity contribution < 1.29 is 17.9 Å². The van der Waals surface area contributed by atoms with Crippen LogP contribution in [0.4, 0.5) is 5.69 Å². The van der Waals surface area contributed by atoms with Crippen LogP contribution in [0.1, 0.15) is 30.6 Å².